The molecule has 0 saturated heterocycles. The lowest BCUT2D eigenvalue weighted by atomic mass is 9.87. The fourth-order valence-electron chi connectivity index (χ4n) is 4.22. The highest BCUT2D eigenvalue weighted by atomic mass is 16.7. The van der Waals surface area contributed by atoms with Crippen LogP contribution in [0.25, 0.3) is 0 Å². The zero-order valence-electron chi connectivity index (χ0n) is 17.0. The maximum absolute atomic E-state index is 9.75. The third-order valence-corrected chi connectivity index (χ3v) is 5.70. The molecule has 0 spiro atoms. The molecule has 29 heavy (non-hydrogen) atoms. The van der Waals surface area contributed by atoms with Crippen LogP contribution in [0.15, 0.2) is 35.5 Å². The number of ether oxygens (including phenoxy) is 4. The lowest BCUT2D eigenvalue weighted by Crippen LogP contribution is -2.34. The van der Waals surface area contributed by atoms with Crippen molar-refractivity contribution in [3.8, 4) is 23.0 Å². The first kappa shape index (κ1) is 19.4. The summed E-state index contributed by atoms with van der Waals surface area (Å²) < 4.78 is 22.4. The van der Waals surface area contributed by atoms with Crippen LogP contribution in [0.5, 0.6) is 23.0 Å². The van der Waals surface area contributed by atoms with E-state index in [1.54, 1.807) is 14.2 Å². The Bertz CT molecular complexity index is 928. The van der Waals surface area contributed by atoms with Gasteiger partial charge in [-0.25, -0.2) is 0 Å². The van der Waals surface area contributed by atoms with Gasteiger partial charge in [0.15, 0.2) is 11.5 Å². The van der Waals surface area contributed by atoms with Crippen LogP contribution in [0, 0.1) is 0 Å². The molecule has 0 aliphatic carbocycles. The molecule has 2 aromatic carbocycles. The van der Waals surface area contributed by atoms with Crippen LogP contribution in [0.1, 0.15) is 29.2 Å². The first-order valence-corrected chi connectivity index (χ1v) is 9.67. The third-order valence-electron chi connectivity index (χ3n) is 5.70. The molecular weight excluding hydrogens is 372 g/mol. The van der Waals surface area contributed by atoms with Crippen molar-refractivity contribution in [2.24, 2.45) is 5.16 Å². The smallest absolute Gasteiger partial charge is 0.231 e. The van der Waals surface area contributed by atoms with Gasteiger partial charge in [0, 0.05) is 31.0 Å². The Balaban J connectivity index is 1.67. The van der Waals surface area contributed by atoms with E-state index in [1.165, 1.54) is 5.56 Å². The number of methoxy groups -OCH3 is 2. The van der Waals surface area contributed by atoms with Crippen molar-refractivity contribution in [1.29, 1.82) is 0 Å². The summed E-state index contributed by atoms with van der Waals surface area (Å²) >= 11 is 0. The molecule has 0 fully saturated rings. The monoisotopic (exact) mass is 398 g/mol. The fourth-order valence-corrected chi connectivity index (χ4v) is 4.22. The Morgan fingerprint density at radius 1 is 1.24 bits per heavy atom. The molecule has 1 atom stereocenters. The van der Waals surface area contributed by atoms with Crippen LogP contribution < -0.4 is 18.9 Å². The van der Waals surface area contributed by atoms with Gasteiger partial charge in [0.05, 0.1) is 19.9 Å². The van der Waals surface area contributed by atoms with Crippen molar-refractivity contribution in [2.45, 2.75) is 25.3 Å². The summed E-state index contributed by atoms with van der Waals surface area (Å²) in [5, 5.41) is 13.4. The second-order valence-electron chi connectivity index (χ2n) is 7.32. The van der Waals surface area contributed by atoms with E-state index in [0.717, 1.165) is 35.6 Å². The largest absolute Gasteiger partial charge is 0.496 e. The lowest BCUT2D eigenvalue weighted by molar-refractivity contribution is 0.170. The summed E-state index contributed by atoms with van der Waals surface area (Å²) in [6.45, 7) is 1.10. The molecule has 0 aromatic heterocycles. The molecule has 7 nitrogen and oxygen atoms in total. The SMILES string of the molecule is COc1ccccc1CC(CC1c2c(cc3c(c2OC)OCO3)CCN1C)=NO. The molecule has 1 unspecified atom stereocenters. The molecule has 0 amide bonds. The van der Waals surface area contributed by atoms with Crippen molar-refractivity contribution >= 4 is 5.71 Å². The van der Waals surface area contributed by atoms with Gasteiger partial charge in [-0.1, -0.05) is 23.4 Å². The summed E-state index contributed by atoms with van der Waals surface area (Å²) in [5.41, 5.74) is 3.92. The van der Waals surface area contributed by atoms with Gasteiger partial charge in [-0.3, -0.25) is 4.90 Å². The molecule has 2 aliphatic heterocycles. The fraction of sp³-hybridized carbons (Fsp3) is 0.409. The average Bonchev–Trinajstić information content (AvgIpc) is 3.22. The first-order chi connectivity index (χ1) is 14.2. The number of hydrogen-bond acceptors (Lipinski definition) is 7. The Labute approximate surface area is 170 Å². The number of nitrogens with zero attached hydrogens (tertiary/aromatic N) is 2. The molecule has 1 N–H and O–H groups in total. The number of fused-ring (bicyclic) bond motifs is 2. The van der Waals surface area contributed by atoms with Crippen LogP contribution in [0.2, 0.25) is 0 Å². The first-order valence-electron chi connectivity index (χ1n) is 9.67. The zero-order chi connectivity index (χ0) is 20.4. The van der Waals surface area contributed by atoms with Gasteiger partial charge in [-0.15, -0.1) is 0 Å². The van der Waals surface area contributed by atoms with Gasteiger partial charge in [0.25, 0.3) is 0 Å². The van der Waals surface area contributed by atoms with Crippen LogP contribution in [0.4, 0.5) is 0 Å². The number of benzene rings is 2. The number of rotatable bonds is 6. The molecule has 154 valence electrons. The van der Waals surface area contributed by atoms with E-state index in [1.807, 2.05) is 24.3 Å². The molecule has 2 heterocycles. The van der Waals surface area contributed by atoms with E-state index in [4.69, 9.17) is 18.9 Å². The number of likely N-dealkylation sites (N-methyl/N-ethyl adjacent to an activating group) is 1. The Morgan fingerprint density at radius 2 is 2.07 bits per heavy atom. The lowest BCUT2D eigenvalue weighted by Gasteiger charge is -2.36. The van der Waals surface area contributed by atoms with Gasteiger partial charge in [-0.2, -0.15) is 0 Å². The molecular formula is C22H26N2O5. The molecule has 0 radical (unpaired) electrons. The summed E-state index contributed by atoms with van der Waals surface area (Å²) in [6.07, 6.45) is 1.97. The van der Waals surface area contributed by atoms with E-state index >= 15 is 0 Å². The van der Waals surface area contributed by atoms with E-state index in [-0.39, 0.29) is 12.8 Å². The summed E-state index contributed by atoms with van der Waals surface area (Å²) in [7, 11) is 5.38. The van der Waals surface area contributed by atoms with Gasteiger partial charge in [-0.05, 0) is 36.7 Å². The van der Waals surface area contributed by atoms with Crippen LogP contribution in [-0.2, 0) is 12.8 Å². The Hall–Kier alpha value is -2.93. The normalized spacial score (nSPS) is 18.4. The maximum atomic E-state index is 9.75. The quantitative estimate of drug-likeness (QED) is 0.457. The highest BCUT2D eigenvalue weighted by molar-refractivity contribution is 5.87. The van der Waals surface area contributed by atoms with Gasteiger partial charge >= 0.3 is 0 Å². The van der Waals surface area contributed by atoms with Crippen LogP contribution >= 0.6 is 0 Å². The minimum Gasteiger partial charge on any atom is -0.496 e. The third kappa shape index (κ3) is 3.58. The van der Waals surface area contributed by atoms with Crippen LogP contribution in [0.3, 0.4) is 0 Å². The highest BCUT2D eigenvalue weighted by Gasteiger charge is 2.34. The minimum absolute atomic E-state index is 0.00353. The standard InChI is InChI=1S/C22H26N2O5/c1-24-9-8-15-11-19-21(29-13-28-19)22(27-3)20(15)17(24)12-16(23-25)10-14-6-4-5-7-18(14)26-2/h4-7,11,17,25H,8-10,12-13H2,1-3H3. The predicted octanol–water partition coefficient (Wildman–Crippen LogP) is 3.42. The van der Waals surface area contributed by atoms with Crippen LogP contribution in [-0.4, -0.2) is 50.4 Å². The van der Waals surface area contributed by atoms with Gasteiger partial charge in [0.1, 0.15) is 5.75 Å². The molecule has 2 aliphatic rings. The molecule has 0 bridgehead atoms. The highest BCUT2D eigenvalue weighted by Crippen LogP contribution is 2.50. The van der Waals surface area contributed by atoms with Crippen molar-refractivity contribution in [2.75, 3.05) is 34.6 Å². The van der Waals surface area contributed by atoms with Crippen molar-refractivity contribution in [3.63, 3.8) is 0 Å². The number of para-hydroxylation sites is 1. The topological polar surface area (TPSA) is 72.8 Å². The summed E-state index contributed by atoms with van der Waals surface area (Å²) in [6, 6.07) is 9.84. The number of oxime groups is 1. The predicted molar refractivity (Wildman–Crippen MR) is 109 cm³/mol. The second kappa shape index (κ2) is 8.21. The second-order valence-corrected chi connectivity index (χ2v) is 7.32. The maximum Gasteiger partial charge on any atom is 0.231 e. The summed E-state index contributed by atoms with van der Waals surface area (Å²) in [4.78, 5) is 2.26. The molecule has 0 saturated carbocycles. The minimum atomic E-state index is 0.00353. The Morgan fingerprint density at radius 3 is 2.83 bits per heavy atom. The van der Waals surface area contributed by atoms with Crippen molar-refractivity contribution in [1.82, 2.24) is 4.90 Å². The Kier molecular flexibility index (Phi) is 5.49. The van der Waals surface area contributed by atoms with E-state index < -0.39 is 0 Å². The van der Waals surface area contributed by atoms with E-state index in [2.05, 4.69) is 23.2 Å². The van der Waals surface area contributed by atoms with Gasteiger partial charge in [0.2, 0.25) is 12.5 Å². The zero-order valence-corrected chi connectivity index (χ0v) is 17.0. The molecule has 7 heteroatoms. The van der Waals surface area contributed by atoms with Crippen molar-refractivity contribution in [3.05, 3.63) is 47.0 Å². The summed E-state index contributed by atoms with van der Waals surface area (Å²) in [5.74, 6) is 2.88. The number of hydrogen-bond donors (Lipinski definition) is 1. The average molecular weight is 398 g/mol. The van der Waals surface area contributed by atoms with E-state index in [0.29, 0.717) is 30.1 Å². The molecule has 2 aromatic rings. The van der Waals surface area contributed by atoms with Crippen molar-refractivity contribution < 1.29 is 24.2 Å². The van der Waals surface area contributed by atoms with Gasteiger partial charge < -0.3 is 24.2 Å². The molecule has 4 rings (SSSR count). The van der Waals surface area contributed by atoms with E-state index in [9.17, 15) is 5.21 Å².